The molecule has 0 unspecified atom stereocenters. The molecule has 3 N–H and O–H groups in total. The Morgan fingerprint density at radius 1 is 0.786 bits per heavy atom. The molecule has 3 heterocycles. The first kappa shape index (κ1) is 40.4. The van der Waals surface area contributed by atoms with Crippen LogP contribution >= 0.6 is 11.6 Å². The molecule has 6 rings (SSSR count). The summed E-state index contributed by atoms with van der Waals surface area (Å²) in [6.07, 6.45) is 6.74. The zero-order valence-electron chi connectivity index (χ0n) is 31.7. The van der Waals surface area contributed by atoms with Gasteiger partial charge in [-0.05, 0) is 73.4 Å². The van der Waals surface area contributed by atoms with Gasteiger partial charge in [-0.15, -0.1) is 11.6 Å². The number of hydrogen-bond donors (Lipinski definition) is 3. The van der Waals surface area contributed by atoms with Crippen LogP contribution in [-0.2, 0) is 43.2 Å². The van der Waals surface area contributed by atoms with Gasteiger partial charge in [0.1, 0.15) is 35.9 Å². The normalized spacial score (nSPS) is 17.4. The number of fused-ring (bicyclic) bond motifs is 1. The minimum Gasteiger partial charge on any atom is -0.361 e. The van der Waals surface area contributed by atoms with Gasteiger partial charge in [0.05, 0.1) is 0 Å². The topological polar surface area (TPSA) is 135 Å². The summed E-state index contributed by atoms with van der Waals surface area (Å²) >= 11 is 5.94. The van der Waals surface area contributed by atoms with Crippen molar-refractivity contribution in [2.24, 2.45) is 0 Å². The number of amides is 5. The molecule has 0 radical (unpaired) electrons. The van der Waals surface area contributed by atoms with Gasteiger partial charge in [0.15, 0.2) is 0 Å². The second-order valence-corrected chi connectivity index (χ2v) is 15.1. The maximum atomic E-state index is 14.5. The van der Waals surface area contributed by atoms with Crippen molar-refractivity contribution in [1.82, 2.24) is 30.3 Å². The van der Waals surface area contributed by atoms with Gasteiger partial charge < -0.3 is 30.3 Å². The number of alkyl halides is 1. The number of nitrogens with one attached hydrogen (secondary N) is 3. The predicted octanol–water partition coefficient (Wildman–Crippen LogP) is 4.76. The average Bonchev–Trinajstić information content (AvgIpc) is 3.65. The van der Waals surface area contributed by atoms with Gasteiger partial charge >= 0.3 is 0 Å². The predicted molar refractivity (Wildman–Crippen MR) is 213 cm³/mol. The molecule has 2 aliphatic rings. The van der Waals surface area contributed by atoms with Crippen molar-refractivity contribution in [1.29, 1.82) is 0 Å². The van der Waals surface area contributed by atoms with Crippen LogP contribution in [0.2, 0.25) is 0 Å². The Labute approximate surface area is 331 Å². The van der Waals surface area contributed by atoms with Gasteiger partial charge in [0.2, 0.25) is 29.5 Å². The smallest absolute Gasteiger partial charge is 0.246 e. The Balaban J connectivity index is 1.28. The zero-order valence-corrected chi connectivity index (χ0v) is 32.5. The third kappa shape index (κ3) is 9.95. The van der Waals surface area contributed by atoms with Crippen LogP contribution in [0, 0.1) is 5.82 Å². The zero-order chi connectivity index (χ0) is 39.6. The standard InChI is InChI=1S/C43H50ClFN6O5/c1-49(39(52)27-44)38(25-29-12-4-2-5-13-29)43(56)51-23-11-8-16-37(51)41(54)47-35(26-31-28-46-34-15-7-6-14-33(31)34)40(53)48-36(24-30-17-19-32(45)20-18-30)42(55)50-21-9-3-10-22-50/h2,4-7,12-15,17-20,28,35-38,46H,3,8-11,16,21-27H2,1H3,(H,47,54)(H,48,53)/t35-,36-,37-,38-/m0/s1. The fourth-order valence-electron chi connectivity index (χ4n) is 7.82. The van der Waals surface area contributed by atoms with Gasteiger partial charge in [-0.25, -0.2) is 4.39 Å². The second-order valence-electron chi connectivity index (χ2n) is 14.8. The van der Waals surface area contributed by atoms with Crippen LogP contribution in [0.4, 0.5) is 4.39 Å². The Morgan fingerprint density at radius 3 is 2.20 bits per heavy atom. The van der Waals surface area contributed by atoms with E-state index in [2.05, 4.69) is 15.6 Å². The first-order chi connectivity index (χ1) is 27.1. The molecule has 11 nitrogen and oxygen atoms in total. The largest absolute Gasteiger partial charge is 0.361 e. The fourth-order valence-corrected chi connectivity index (χ4v) is 8.00. The van der Waals surface area contributed by atoms with Crippen molar-refractivity contribution >= 4 is 52.0 Å². The van der Waals surface area contributed by atoms with Crippen molar-refractivity contribution in [2.45, 2.75) is 82.0 Å². The van der Waals surface area contributed by atoms with Crippen molar-refractivity contribution in [2.75, 3.05) is 32.6 Å². The highest BCUT2D eigenvalue weighted by Crippen LogP contribution is 2.24. The van der Waals surface area contributed by atoms with Gasteiger partial charge in [-0.1, -0.05) is 60.7 Å². The number of likely N-dealkylation sites (N-methyl/N-ethyl adjacent to an activating group) is 1. The molecule has 2 fully saturated rings. The molecule has 296 valence electrons. The number of halogens is 2. The van der Waals surface area contributed by atoms with Gasteiger partial charge in [-0.3, -0.25) is 24.0 Å². The lowest BCUT2D eigenvalue weighted by Gasteiger charge is -2.39. The van der Waals surface area contributed by atoms with E-state index in [0.717, 1.165) is 41.3 Å². The highest BCUT2D eigenvalue weighted by atomic mass is 35.5. The van der Waals surface area contributed by atoms with Crippen molar-refractivity contribution in [3.63, 3.8) is 0 Å². The Morgan fingerprint density at radius 2 is 1.46 bits per heavy atom. The fraction of sp³-hybridized carbons (Fsp3) is 0.419. The second kappa shape index (κ2) is 19.1. The molecule has 5 amide bonds. The first-order valence-corrected chi connectivity index (χ1v) is 20.0. The molecule has 0 aliphatic carbocycles. The minimum absolute atomic E-state index is 0.104. The lowest BCUT2D eigenvalue weighted by atomic mass is 9.96. The van der Waals surface area contributed by atoms with Crippen molar-refractivity contribution < 1.29 is 28.4 Å². The molecule has 3 aromatic carbocycles. The van der Waals surface area contributed by atoms with Crippen molar-refractivity contribution in [3.8, 4) is 0 Å². The molecule has 13 heteroatoms. The molecule has 4 aromatic rings. The number of H-pyrrole nitrogens is 1. The van der Waals surface area contributed by atoms with Gasteiger partial charge in [0.25, 0.3) is 0 Å². The number of piperidine rings is 2. The van der Waals surface area contributed by atoms with Crippen LogP contribution in [0.15, 0.2) is 85.1 Å². The maximum Gasteiger partial charge on any atom is 0.246 e. The molecule has 0 bridgehead atoms. The summed E-state index contributed by atoms with van der Waals surface area (Å²) in [7, 11) is 1.55. The summed E-state index contributed by atoms with van der Waals surface area (Å²) in [4.78, 5) is 78.1. The molecule has 2 saturated heterocycles. The lowest BCUT2D eigenvalue weighted by Crippen LogP contribution is -2.61. The highest BCUT2D eigenvalue weighted by molar-refractivity contribution is 6.27. The molecule has 0 spiro atoms. The summed E-state index contributed by atoms with van der Waals surface area (Å²) in [5.74, 6) is -2.78. The van der Waals surface area contributed by atoms with E-state index in [-0.39, 0.29) is 37.0 Å². The average molecular weight is 785 g/mol. The SMILES string of the molecule is CN(C(=O)CCl)[C@@H](Cc1ccccc1)C(=O)N1CCCC[C@H]1C(=O)N[C@@H](Cc1c[nH]c2ccccc12)C(=O)N[C@@H](Cc1ccc(F)cc1)C(=O)N1CCCCC1. The summed E-state index contributed by atoms with van der Waals surface area (Å²) in [5.41, 5.74) is 3.19. The van der Waals surface area contributed by atoms with Crippen LogP contribution in [0.5, 0.6) is 0 Å². The molecular formula is C43H50ClFN6O5. The Kier molecular flexibility index (Phi) is 13.8. The maximum absolute atomic E-state index is 14.5. The van der Waals surface area contributed by atoms with E-state index in [9.17, 15) is 28.4 Å². The number of carbonyl (C=O) groups is 5. The first-order valence-electron chi connectivity index (χ1n) is 19.5. The number of hydrogen-bond acceptors (Lipinski definition) is 5. The number of para-hydroxylation sites is 1. The molecule has 1 aromatic heterocycles. The molecule has 4 atom stereocenters. The third-order valence-corrected chi connectivity index (χ3v) is 11.2. The van der Waals surface area contributed by atoms with Gasteiger partial charge in [-0.2, -0.15) is 0 Å². The third-order valence-electron chi connectivity index (χ3n) is 11.0. The van der Waals surface area contributed by atoms with Crippen LogP contribution in [0.3, 0.4) is 0 Å². The summed E-state index contributed by atoms with van der Waals surface area (Å²) in [5, 5.41) is 6.85. The minimum atomic E-state index is -1.12. The Bertz CT molecular complexity index is 1990. The van der Waals surface area contributed by atoms with E-state index in [1.54, 1.807) is 30.3 Å². The highest BCUT2D eigenvalue weighted by Gasteiger charge is 2.40. The van der Waals surface area contributed by atoms with E-state index < -0.39 is 47.7 Å². The Hall–Kier alpha value is -5.23. The van der Waals surface area contributed by atoms with E-state index in [1.807, 2.05) is 54.6 Å². The van der Waals surface area contributed by atoms with Crippen LogP contribution < -0.4 is 10.6 Å². The summed E-state index contributed by atoms with van der Waals surface area (Å²) < 4.78 is 13.8. The lowest BCUT2D eigenvalue weighted by molar-refractivity contribution is -0.150. The number of aromatic amines is 1. The quantitative estimate of drug-likeness (QED) is 0.159. The molecule has 56 heavy (non-hydrogen) atoms. The number of nitrogens with zero attached hydrogens (tertiary/aromatic N) is 3. The summed E-state index contributed by atoms with van der Waals surface area (Å²) in [6, 6.07) is 19.0. The van der Waals surface area contributed by atoms with E-state index in [4.69, 9.17) is 11.6 Å². The number of benzene rings is 3. The van der Waals surface area contributed by atoms with Crippen molar-refractivity contribution in [3.05, 3.63) is 108 Å². The number of likely N-dealkylation sites (tertiary alicyclic amines) is 2. The number of rotatable bonds is 14. The van der Waals surface area contributed by atoms with Crippen LogP contribution in [0.25, 0.3) is 10.9 Å². The molecular weight excluding hydrogens is 735 g/mol. The monoisotopic (exact) mass is 784 g/mol. The summed E-state index contributed by atoms with van der Waals surface area (Å²) in [6.45, 7) is 1.45. The van der Waals surface area contributed by atoms with E-state index >= 15 is 0 Å². The van der Waals surface area contributed by atoms with E-state index in [0.29, 0.717) is 44.5 Å². The van der Waals surface area contributed by atoms with Crippen LogP contribution in [-0.4, -0.2) is 106 Å². The molecule has 2 aliphatic heterocycles. The van der Waals surface area contributed by atoms with Gasteiger partial charge in [0, 0.05) is 63.0 Å². The van der Waals surface area contributed by atoms with Crippen LogP contribution in [0.1, 0.15) is 55.2 Å². The molecule has 0 saturated carbocycles. The number of aromatic nitrogens is 1. The van der Waals surface area contributed by atoms with E-state index in [1.165, 1.54) is 21.9 Å². The number of carbonyl (C=O) groups excluding carboxylic acids is 5.